The Morgan fingerprint density at radius 2 is 2.11 bits per heavy atom. The summed E-state index contributed by atoms with van der Waals surface area (Å²) < 4.78 is 22.4. The minimum atomic E-state index is -1.29. The van der Waals surface area contributed by atoms with E-state index in [9.17, 15) is 14.7 Å². The van der Waals surface area contributed by atoms with Crippen LogP contribution in [0.5, 0.6) is 0 Å². The average molecular weight is 387 g/mol. The lowest BCUT2D eigenvalue weighted by Gasteiger charge is -2.40. The van der Waals surface area contributed by atoms with E-state index in [0.717, 1.165) is 12.8 Å². The quantitative estimate of drug-likeness (QED) is 0.831. The smallest absolute Gasteiger partial charge is 0.341 e. The molecule has 3 aliphatic rings. The number of nitrogens with two attached hydrogens (primary N) is 1. The second-order valence-corrected chi connectivity index (χ2v) is 8.39. The number of fused-ring (bicyclic) bond motifs is 1. The number of aromatic carboxylic acids is 1. The Bertz CT molecular complexity index is 1070. The highest BCUT2D eigenvalue weighted by molar-refractivity contribution is 5.95. The van der Waals surface area contributed by atoms with Crippen molar-refractivity contribution in [2.75, 3.05) is 31.2 Å². The lowest BCUT2D eigenvalue weighted by molar-refractivity contribution is -0.106. The van der Waals surface area contributed by atoms with Gasteiger partial charge in [-0.15, -0.1) is 0 Å². The SMILES string of the molecule is Cc1c(N2CC(N)C3(COC3)C2)c(F)cc2c(=O)c(C(=O)O)cn(C3CC3)c12. The number of anilines is 1. The topological polar surface area (TPSA) is 97.8 Å². The summed E-state index contributed by atoms with van der Waals surface area (Å²) in [7, 11) is 0. The maximum atomic E-state index is 15.2. The fourth-order valence-corrected chi connectivity index (χ4v) is 4.68. The number of halogens is 1. The molecule has 1 saturated carbocycles. The van der Waals surface area contributed by atoms with Gasteiger partial charge in [0.15, 0.2) is 0 Å². The van der Waals surface area contributed by atoms with Gasteiger partial charge in [0.2, 0.25) is 5.43 Å². The second kappa shape index (κ2) is 5.78. The molecule has 3 heterocycles. The number of nitrogens with zero attached hydrogens (tertiary/aromatic N) is 2. The average Bonchev–Trinajstić information content (AvgIpc) is 3.37. The second-order valence-electron chi connectivity index (χ2n) is 8.39. The van der Waals surface area contributed by atoms with Crippen LogP contribution < -0.4 is 16.1 Å². The van der Waals surface area contributed by atoms with Crippen LogP contribution >= 0.6 is 0 Å². The highest BCUT2D eigenvalue weighted by Gasteiger charge is 2.51. The first-order chi connectivity index (χ1) is 13.3. The largest absolute Gasteiger partial charge is 0.477 e. The molecule has 1 aromatic carbocycles. The van der Waals surface area contributed by atoms with E-state index in [2.05, 4.69) is 0 Å². The Morgan fingerprint density at radius 3 is 2.64 bits per heavy atom. The number of benzene rings is 1. The van der Waals surface area contributed by atoms with Crippen LogP contribution in [0.4, 0.5) is 10.1 Å². The summed E-state index contributed by atoms with van der Waals surface area (Å²) in [6.45, 7) is 4.08. The van der Waals surface area contributed by atoms with Gasteiger partial charge < -0.3 is 25.0 Å². The third-order valence-corrected chi connectivity index (χ3v) is 6.45. The van der Waals surface area contributed by atoms with Crippen LogP contribution in [0.15, 0.2) is 17.1 Å². The number of carboxylic acids is 1. The summed E-state index contributed by atoms with van der Waals surface area (Å²) in [6, 6.07) is 1.24. The predicted molar refractivity (Wildman–Crippen MR) is 102 cm³/mol. The van der Waals surface area contributed by atoms with Crippen molar-refractivity contribution in [1.82, 2.24) is 4.57 Å². The molecule has 28 heavy (non-hydrogen) atoms. The van der Waals surface area contributed by atoms with Crippen LogP contribution in [0.2, 0.25) is 0 Å². The highest BCUT2D eigenvalue weighted by atomic mass is 19.1. The highest BCUT2D eigenvalue weighted by Crippen LogP contribution is 2.43. The van der Waals surface area contributed by atoms with E-state index >= 15 is 4.39 Å². The normalized spacial score (nSPS) is 23.4. The zero-order chi connectivity index (χ0) is 19.8. The Balaban J connectivity index is 1.72. The standard InChI is InChI=1S/C20H22FN3O4/c1-10-16-12(18(25)13(19(26)27)5-24(16)11-2-3-11)4-14(21)17(10)23-6-15(22)20(7-23)8-28-9-20/h4-5,11,15H,2-3,6-9,22H2,1H3,(H,26,27). The summed E-state index contributed by atoms with van der Waals surface area (Å²) >= 11 is 0. The maximum Gasteiger partial charge on any atom is 0.341 e. The van der Waals surface area contributed by atoms with Gasteiger partial charge in [-0.05, 0) is 31.4 Å². The number of aromatic nitrogens is 1. The van der Waals surface area contributed by atoms with Crippen molar-refractivity contribution in [1.29, 1.82) is 0 Å². The molecule has 2 saturated heterocycles. The van der Waals surface area contributed by atoms with Gasteiger partial charge in [0, 0.05) is 36.8 Å². The summed E-state index contributed by atoms with van der Waals surface area (Å²) in [5, 5.41) is 9.52. The van der Waals surface area contributed by atoms with Crippen molar-refractivity contribution < 1.29 is 19.0 Å². The van der Waals surface area contributed by atoms with E-state index < -0.39 is 17.2 Å². The molecule has 1 aromatic heterocycles. The molecule has 8 heteroatoms. The fourth-order valence-electron chi connectivity index (χ4n) is 4.68. The van der Waals surface area contributed by atoms with Crippen molar-refractivity contribution in [3.05, 3.63) is 39.4 Å². The molecular formula is C20H22FN3O4. The molecule has 0 radical (unpaired) electrons. The Kier molecular flexibility index (Phi) is 3.64. The number of hydrogen-bond donors (Lipinski definition) is 2. The van der Waals surface area contributed by atoms with E-state index in [4.69, 9.17) is 10.5 Å². The minimum Gasteiger partial charge on any atom is -0.477 e. The molecule has 0 amide bonds. The first-order valence-electron chi connectivity index (χ1n) is 9.52. The number of rotatable bonds is 3. The lowest BCUT2D eigenvalue weighted by atomic mass is 9.82. The number of hydrogen-bond acceptors (Lipinski definition) is 5. The van der Waals surface area contributed by atoms with Crippen molar-refractivity contribution >= 4 is 22.6 Å². The first kappa shape index (κ1) is 17.6. The Labute approximate surface area is 160 Å². The van der Waals surface area contributed by atoms with E-state index in [1.54, 1.807) is 6.92 Å². The molecule has 1 spiro atoms. The van der Waals surface area contributed by atoms with Gasteiger partial charge in [-0.25, -0.2) is 9.18 Å². The van der Waals surface area contributed by atoms with Gasteiger partial charge in [-0.1, -0.05) is 0 Å². The van der Waals surface area contributed by atoms with Gasteiger partial charge in [-0.3, -0.25) is 4.79 Å². The van der Waals surface area contributed by atoms with Crippen molar-refractivity contribution in [3.63, 3.8) is 0 Å². The number of carbonyl (C=O) groups is 1. The van der Waals surface area contributed by atoms with E-state index in [-0.39, 0.29) is 28.4 Å². The van der Waals surface area contributed by atoms with Crippen LogP contribution in [-0.2, 0) is 4.74 Å². The van der Waals surface area contributed by atoms with Crippen molar-refractivity contribution in [2.24, 2.45) is 11.1 Å². The predicted octanol–water partition coefficient (Wildman–Crippen LogP) is 1.65. The molecule has 5 rings (SSSR count). The molecule has 7 nitrogen and oxygen atoms in total. The van der Waals surface area contributed by atoms with Gasteiger partial charge in [0.05, 0.1) is 29.8 Å². The third-order valence-electron chi connectivity index (χ3n) is 6.45. The van der Waals surface area contributed by atoms with Gasteiger partial charge in [0.1, 0.15) is 11.4 Å². The van der Waals surface area contributed by atoms with Crippen LogP contribution in [0.3, 0.4) is 0 Å². The number of aryl methyl sites for hydroxylation is 1. The third kappa shape index (κ3) is 2.34. The van der Waals surface area contributed by atoms with Crippen LogP contribution in [0.1, 0.15) is 34.8 Å². The minimum absolute atomic E-state index is 0.101. The molecule has 2 aromatic rings. The lowest BCUT2D eigenvalue weighted by Crippen LogP contribution is -2.54. The molecule has 2 aliphatic heterocycles. The fraction of sp³-hybridized carbons (Fsp3) is 0.500. The summed E-state index contributed by atoms with van der Waals surface area (Å²) in [5.41, 5.74) is 6.93. The van der Waals surface area contributed by atoms with E-state index in [1.165, 1.54) is 12.3 Å². The monoisotopic (exact) mass is 387 g/mol. The zero-order valence-electron chi connectivity index (χ0n) is 15.6. The van der Waals surface area contributed by atoms with Gasteiger partial charge >= 0.3 is 5.97 Å². The van der Waals surface area contributed by atoms with Crippen LogP contribution in [-0.4, -0.2) is 48.0 Å². The molecule has 3 fully saturated rings. The first-order valence-corrected chi connectivity index (χ1v) is 9.52. The molecule has 1 unspecified atom stereocenters. The van der Waals surface area contributed by atoms with E-state index in [0.29, 0.717) is 43.1 Å². The number of pyridine rings is 1. The van der Waals surface area contributed by atoms with Crippen LogP contribution in [0, 0.1) is 18.2 Å². The molecule has 1 atom stereocenters. The van der Waals surface area contributed by atoms with Crippen LogP contribution in [0.25, 0.3) is 10.9 Å². The molecule has 1 aliphatic carbocycles. The van der Waals surface area contributed by atoms with Crippen molar-refractivity contribution in [2.45, 2.75) is 31.8 Å². The van der Waals surface area contributed by atoms with Crippen molar-refractivity contribution in [3.8, 4) is 0 Å². The number of ether oxygens (including phenoxy) is 1. The molecule has 3 N–H and O–H groups in total. The summed E-state index contributed by atoms with van der Waals surface area (Å²) in [4.78, 5) is 26.2. The number of carboxylic acid groups (broad SMARTS) is 1. The molecular weight excluding hydrogens is 365 g/mol. The van der Waals surface area contributed by atoms with Gasteiger partial charge in [-0.2, -0.15) is 0 Å². The molecule has 148 valence electrons. The molecule has 0 bridgehead atoms. The Morgan fingerprint density at radius 1 is 1.39 bits per heavy atom. The summed E-state index contributed by atoms with van der Waals surface area (Å²) in [5.74, 6) is -1.81. The van der Waals surface area contributed by atoms with Gasteiger partial charge in [0.25, 0.3) is 0 Å². The summed E-state index contributed by atoms with van der Waals surface area (Å²) in [6.07, 6.45) is 3.24. The maximum absolute atomic E-state index is 15.2. The zero-order valence-corrected chi connectivity index (χ0v) is 15.6. The van der Waals surface area contributed by atoms with E-state index in [1.807, 2.05) is 9.47 Å². The Hall–Kier alpha value is -2.45.